The van der Waals surface area contributed by atoms with E-state index in [2.05, 4.69) is 42.6 Å². The van der Waals surface area contributed by atoms with Crippen molar-refractivity contribution in [2.24, 2.45) is 5.92 Å². The van der Waals surface area contributed by atoms with Crippen LogP contribution in [0.15, 0.2) is 72.8 Å². The first-order valence-corrected chi connectivity index (χ1v) is 13.0. The van der Waals surface area contributed by atoms with Gasteiger partial charge in [-0.3, -0.25) is 9.59 Å². The van der Waals surface area contributed by atoms with Crippen LogP contribution in [0, 0.1) is 12.8 Å². The van der Waals surface area contributed by atoms with Crippen LogP contribution in [0.5, 0.6) is 0 Å². The zero-order chi connectivity index (χ0) is 24.2. The van der Waals surface area contributed by atoms with Crippen LogP contribution in [-0.2, 0) is 16.0 Å². The standard InChI is InChI=1S/C29H29N3O2S/c1-20-7-13-25-26(19-20)35-29(31-25)23-9-11-24(12-10-23)30-28(34)22-15-17-32(18-16-22)27(33)14-8-21-5-3-2-4-6-21/h2-7,9-13,19,22H,8,14-18H2,1H3,(H,30,34). The number of likely N-dealkylation sites (tertiary alicyclic amines) is 1. The van der Waals surface area contributed by atoms with Crippen LogP contribution < -0.4 is 5.32 Å². The lowest BCUT2D eigenvalue weighted by Gasteiger charge is -2.31. The molecule has 0 spiro atoms. The number of thiazole rings is 1. The topological polar surface area (TPSA) is 62.3 Å². The zero-order valence-corrected chi connectivity index (χ0v) is 20.7. The second-order valence-electron chi connectivity index (χ2n) is 9.20. The molecule has 0 radical (unpaired) electrons. The van der Waals surface area contributed by atoms with E-state index in [9.17, 15) is 9.59 Å². The maximum absolute atomic E-state index is 12.8. The molecule has 6 heteroatoms. The predicted molar refractivity (Wildman–Crippen MR) is 142 cm³/mol. The van der Waals surface area contributed by atoms with Gasteiger partial charge in [0.2, 0.25) is 11.8 Å². The number of hydrogen-bond acceptors (Lipinski definition) is 4. The molecule has 0 atom stereocenters. The molecule has 2 amide bonds. The fraction of sp³-hybridized carbons (Fsp3) is 0.276. The lowest BCUT2D eigenvalue weighted by molar-refractivity contribution is -0.134. The summed E-state index contributed by atoms with van der Waals surface area (Å²) in [5.74, 6) is 0.137. The summed E-state index contributed by atoms with van der Waals surface area (Å²) < 4.78 is 1.18. The molecule has 5 rings (SSSR count). The number of aryl methyl sites for hydroxylation is 2. The van der Waals surface area contributed by atoms with Gasteiger partial charge in [0.15, 0.2) is 0 Å². The van der Waals surface area contributed by atoms with Gasteiger partial charge in [0.25, 0.3) is 0 Å². The van der Waals surface area contributed by atoms with Crippen LogP contribution in [0.4, 0.5) is 5.69 Å². The largest absolute Gasteiger partial charge is 0.343 e. The molecule has 1 aromatic heterocycles. The lowest BCUT2D eigenvalue weighted by Crippen LogP contribution is -2.41. The third-order valence-electron chi connectivity index (χ3n) is 6.63. The van der Waals surface area contributed by atoms with Crippen molar-refractivity contribution >= 4 is 39.1 Å². The normalized spacial score (nSPS) is 14.3. The van der Waals surface area contributed by atoms with E-state index in [0.29, 0.717) is 32.4 Å². The van der Waals surface area contributed by atoms with Gasteiger partial charge in [0.1, 0.15) is 5.01 Å². The summed E-state index contributed by atoms with van der Waals surface area (Å²) in [4.78, 5) is 32.1. The number of benzene rings is 3. The molecular formula is C29H29N3O2S. The molecule has 2 heterocycles. The van der Waals surface area contributed by atoms with Crippen molar-refractivity contribution in [3.63, 3.8) is 0 Å². The molecule has 1 aliphatic heterocycles. The minimum absolute atomic E-state index is 0.0320. The van der Waals surface area contributed by atoms with E-state index in [4.69, 9.17) is 4.98 Å². The van der Waals surface area contributed by atoms with Crippen LogP contribution in [0.25, 0.3) is 20.8 Å². The summed E-state index contributed by atoms with van der Waals surface area (Å²) in [6.45, 7) is 3.37. The predicted octanol–water partition coefficient (Wildman–Crippen LogP) is 6.08. The second-order valence-corrected chi connectivity index (χ2v) is 10.2. The zero-order valence-electron chi connectivity index (χ0n) is 19.9. The highest BCUT2D eigenvalue weighted by atomic mass is 32.1. The molecule has 4 aromatic rings. The molecule has 3 aromatic carbocycles. The molecule has 0 bridgehead atoms. The van der Waals surface area contributed by atoms with E-state index in [1.165, 1.54) is 15.8 Å². The number of amides is 2. The van der Waals surface area contributed by atoms with Crippen LogP contribution in [0.1, 0.15) is 30.4 Å². The van der Waals surface area contributed by atoms with Crippen molar-refractivity contribution in [1.82, 2.24) is 9.88 Å². The van der Waals surface area contributed by atoms with Gasteiger partial charge in [-0.2, -0.15) is 0 Å². The van der Waals surface area contributed by atoms with Gasteiger partial charge in [-0.05, 0) is 73.7 Å². The number of aromatic nitrogens is 1. The Morgan fingerprint density at radius 2 is 1.74 bits per heavy atom. The Balaban J connectivity index is 1.12. The molecule has 1 saturated heterocycles. The van der Waals surface area contributed by atoms with Gasteiger partial charge in [0.05, 0.1) is 10.2 Å². The fourth-order valence-electron chi connectivity index (χ4n) is 4.54. The number of piperidine rings is 1. The van der Waals surface area contributed by atoms with Crippen LogP contribution in [0.3, 0.4) is 0 Å². The molecule has 0 aliphatic carbocycles. The van der Waals surface area contributed by atoms with E-state index >= 15 is 0 Å². The monoisotopic (exact) mass is 483 g/mol. The molecule has 5 nitrogen and oxygen atoms in total. The molecule has 0 unspecified atom stereocenters. The second kappa shape index (κ2) is 10.4. The van der Waals surface area contributed by atoms with Gasteiger partial charge in [-0.1, -0.05) is 36.4 Å². The number of carbonyl (C=O) groups excluding carboxylic acids is 2. The van der Waals surface area contributed by atoms with E-state index in [1.54, 1.807) is 11.3 Å². The SMILES string of the molecule is Cc1ccc2nc(-c3ccc(NC(=O)C4CCN(C(=O)CCc5ccccc5)CC4)cc3)sc2c1. The lowest BCUT2D eigenvalue weighted by atomic mass is 9.95. The summed E-state index contributed by atoms with van der Waals surface area (Å²) in [5.41, 5.74) is 5.26. The smallest absolute Gasteiger partial charge is 0.227 e. The highest BCUT2D eigenvalue weighted by Crippen LogP contribution is 2.31. The van der Waals surface area contributed by atoms with Crippen molar-refractivity contribution in [1.29, 1.82) is 0 Å². The molecule has 178 valence electrons. The molecule has 35 heavy (non-hydrogen) atoms. The Morgan fingerprint density at radius 3 is 2.49 bits per heavy atom. The summed E-state index contributed by atoms with van der Waals surface area (Å²) in [6.07, 6.45) is 2.67. The first-order valence-electron chi connectivity index (χ1n) is 12.2. The summed E-state index contributed by atoms with van der Waals surface area (Å²) in [6, 6.07) is 24.3. The van der Waals surface area contributed by atoms with Gasteiger partial charge in [0, 0.05) is 36.7 Å². The Kier molecular flexibility index (Phi) is 6.91. The summed E-state index contributed by atoms with van der Waals surface area (Å²) in [5, 5.41) is 4.04. The van der Waals surface area contributed by atoms with Gasteiger partial charge >= 0.3 is 0 Å². The third-order valence-corrected chi connectivity index (χ3v) is 7.70. The Bertz CT molecular complexity index is 1320. The van der Waals surface area contributed by atoms with Gasteiger partial charge < -0.3 is 10.2 Å². The first kappa shape index (κ1) is 23.2. The maximum atomic E-state index is 12.8. The highest BCUT2D eigenvalue weighted by molar-refractivity contribution is 7.21. The molecule has 1 fully saturated rings. The van der Waals surface area contributed by atoms with Gasteiger partial charge in [-0.15, -0.1) is 11.3 Å². The first-order chi connectivity index (χ1) is 17.0. The van der Waals surface area contributed by atoms with E-state index < -0.39 is 0 Å². The average molecular weight is 484 g/mol. The highest BCUT2D eigenvalue weighted by Gasteiger charge is 2.27. The van der Waals surface area contributed by atoms with Crippen LogP contribution in [-0.4, -0.2) is 34.8 Å². The average Bonchev–Trinajstić information content (AvgIpc) is 3.31. The Labute approximate surface area is 209 Å². The fourth-order valence-corrected chi connectivity index (χ4v) is 5.61. The van der Waals surface area contributed by atoms with Crippen molar-refractivity contribution in [2.45, 2.75) is 32.6 Å². The number of carbonyl (C=O) groups is 2. The molecule has 1 aliphatic rings. The minimum atomic E-state index is -0.0691. The Morgan fingerprint density at radius 1 is 1.00 bits per heavy atom. The van der Waals surface area contributed by atoms with Crippen LogP contribution in [0.2, 0.25) is 0 Å². The van der Waals surface area contributed by atoms with E-state index in [1.807, 2.05) is 47.4 Å². The Hall–Kier alpha value is -3.51. The number of hydrogen-bond donors (Lipinski definition) is 1. The quantitative estimate of drug-likeness (QED) is 0.361. The number of nitrogens with one attached hydrogen (secondary N) is 1. The van der Waals surface area contributed by atoms with Gasteiger partial charge in [-0.25, -0.2) is 4.98 Å². The molecular weight excluding hydrogens is 454 g/mol. The summed E-state index contributed by atoms with van der Waals surface area (Å²) in [7, 11) is 0. The minimum Gasteiger partial charge on any atom is -0.343 e. The number of anilines is 1. The molecule has 0 saturated carbocycles. The van der Waals surface area contributed by atoms with Crippen molar-refractivity contribution in [3.05, 3.63) is 83.9 Å². The maximum Gasteiger partial charge on any atom is 0.227 e. The van der Waals surface area contributed by atoms with Crippen molar-refractivity contribution in [2.75, 3.05) is 18.4 Å². The third kappa shape index (κ3) is 5.60. The molecule has 1 N–H and O–H groups in total. The number of nitrogens with zero attached hydrogens (tertiary/aromatic N) is 2. The number of rotatable bonds is 6. The van der Waals surface area contributed by atoms with Crippen LogP contribution >= 0.6 is 11.3 Å². The van der Waals surface area contributed by atoms with E-state index in [-0.39, 0.29) is 17.7 Å². The number of fused-ring (bicyclic) bond motifs is 1. The van der Waals surface area contributed by atoms with E-state index in [0.717, 1.165) is 28.2 Å². The van der Waals surface area contributed by atoms with Crippen molar-refractivity contribution < 1.29 is 9.59 Å². The van der Waals surface area contributed by atoms with Crippen molar-refractivity contribution in [3.8, 4) is 10.6 Å². The summed E-state index contributed by atoms with van der Waals surface area (Å²) >= 11 is 1.68.